The number of unbranched alkanes of at least 4 members (excludes halogenated alkanes) is 9. The number of hydrogen-bond donors (Lipinski definition) is 1. The van der Waals surface area contributed by atoms with Crippen molar-refractivity contribution in [2.45, 2.75) is 71.1 Å². The van der Waals surface area contributed by atoms with Crippen LogP contribution in [0.1, 0.15) is 71.1 Å². The molecule has 15 heavy (non-hydrogen) atoms. The Morgan fingerprint density at radius 1 is 0.733 bits per heavy atom. The van der Waals surface area contributed by atoms with E-state index in [4.69, 9.17) is 5.14 Å². The summed E-state index contributed by atoms with van der Waals surface area (Å²) in [4.78, 5) is 0. The smallest absolute Gasteiger partial charge is 0.00764 e. The SMILES string of the molecule is CCCCCCCCCCCCSN.Cl. The third-order valence-electron chi connectivity index (χ3n) is 2.62. The highest BCUT2D eigenvalue weighted by molar-refractivity contribution is 7.97. The van der Waals surface area contributed by atoms with Gasteiger partial charge in [0.25, 0.3) is 0 Å². The minimum atomic E-state index is 0. The lowest BCUT2D eigenvalue weighted by Gasteiger charge is -2.01. The van der Waals surface area contributed by atoms with Gasteiger partial charge in [-0.2, -0.15) is 0 Å². The molecule has 0 heterocycles. The Balaban J connectivity index is 0. The Bertz CT molecular complexity index is 89.6. The van der Waals surface area contributed by atoms with Crippen LogP contribution in [0.2, 0.25) is 0 Å². The molecule has 0 aromatic heterocycles. The highest BCUT2D eigenvalue weighted by atomic mass is 35.5. The lowest BCUT2D eigenvalue weighted by atomic mass is 10.1. The molecule has 1 nitrogen and oxygen atoms in total. The summed E-state index contributed by atoms with van der Waals surface area (Å²) in [6, 6.07) is 0. The van der Waals surface area contributed by atoms with Crippen molar-refractivity contribution in [2.24, 2.45) is 5.14 Å². The van der Waals surface area contributed by atoms with E-state index in [0.717, 1.165) is 5.75 Å². The van der Waals surface area contributed by atoms with Gasteiger partial charge >= 0.3 is 0 Å². The number of nitrogens with two attached hydrogens (primary N) is 1. The van der Waals surface area contributed by atoms with E-state index >= 15 is 0 Å². The Morgan fingerprint density at radius 3 is 1.53 bits per heavy atom. The number of rotatable bonds is 11. The summed E-state index contributed by atoms with van der Waals surface area (Å²) in [5.41, 5.74) is 0. The van der Waals surface area contributed by atoms with E-state index in [1.54, 1.807) is 0 Å². The molecule has 0 aliphatic heterocycles. The maximum Gasteiger partial charge on any atom is 0.00764 e. The van der Waals surface area contributed by atoms with Gasteiger partial charge in [-0.3, -0.25) is 5.14 Å². The predicted octanol–water partition coefficient (Wildman–Crippen LogP) is 4.94. The van der Waals surface area contributed by atoms with Crippen molar-refractivity contribution < 1.29 is 0 Å². The topological polar surface area (TPSA) is 26.0 Å². The maximum absolute atomic E-state index is 5.35. The van der Waals surface area contributed by atoms with E-state index in [2.05, 4.69) is 6.92 Å². The van der Waals surface area contributed by atoms with Crippen molar-refractivity contribution in [3.63, 3.8) is 0 Å². The summed E-state index contributed by atoms with van der Waals surface area (Å²) in [5, 5.41) is 5.35. The lowest BCUT2D eigenvalue weighted by Crippen LogP contribution is -1.86. The summed E-state index contributed by atoms with van der Waals surface area (Å²) < 4.78 is 0. The second-order valence-electron chi connectivity index (χ2n) is 4.05. The van der Waals surface area contributed by atoms with Gasteiger partial charge in [0.15, 0.2) is 0 Å². The second kappa shape index (κ2) is 17.0. The zero-order valence-electron chi connectivity index (χ0n) is 10.2. The summed E-state index contributed by atoms with van der Waals surface area (Å²) in [6.07, 6.45) is 14.1. The Labute approximate surface area is 107 Å². The Kier molecular flexibility index (Phi) is 20.4. The van der Waals surface area contributed by atoms with Crippen molar-refractivity contribution in [2.75, 3.05) is 5.75 Å². The van der Waals surface area contributed by atoms with Crippen molar-refractivity contribution >= 4 is 24.4 Å². The first-order valence-corrected chi connectivity index (χ1v) is 7.28. The standard InChI is InChI=1S/C12H27NS.ClH/c1-2-3-4-5-6-7-8-9-10-11-12-14-13;/h2-13H2,1H3;1H. The van der Waals surface area contributed by atoms with Gasteiger partial charge in [-0.15, -0.1) is 12.4 Å². The van der Waals surface area contributed by atoms with Gasteiger partial charge in [-0.1, -0.05) is 76.7 Å². The first-order valence-electron chi connectivity index (χ1n) is 6.23. The molecule has 2 N–H and O–H groups in total. The van der Waals surface area contributed by atoms with E-state index in [-0.39, 0.29) is 12.4 Å². The zero-order chi connectivity index (χ0) is 10.5. The van der Waals surface area contributed by atoms with E-state index < -0.39 is 0 Å². The van der Waals surface area contributed by atoms with Gasteiger partial charge < -0.3 is 0 Å². The minimum absolute atomic E-state index is 0. The van der Waals surface area contributed by atoms with Crippen LogP contribution in [0, 0.1) is 0 Å². The van der Waals surface area contributed by atoms with Gasteiger partial charge in [0.05, 0.1) is 0 Å². The third-order valence-corrected chi connectivity index (χ3v) is 3.14. The van der Waals surface area contributed by atoms with Crippen molar-refractivity contribution in [3.8, 4) is 0 Å². The molecule has 94 valence electrons. The summed E-state index contributed by atoms with van der Waals surface area (Å²) in [6.45, 7) is 2.27. The van der Waals surface area contributed by atoms with E-state index in [1.165, 1.54) is 76.2 Å². The van der Waals surface area contributed by atoms with Crippen LogP contribution in [0.25, 0.3) is 0 Å². The van der Waals surface area contributed by atoms with Crippen LogP contribution in [0.3, 0.4) is 0 Å². The second-order valence-corrected chi connectivity index (χ2v) is 4.79. The molecular weight excluding hydrogens is 226 g/mol. The Hall–Kier alpha value is 0.600. The monoisotopic (exact) mass is 253 g/mol. The molecule has 0 fully saturated rings. The van der Waals surface area contributed by atoms with Crippen LogP contribution in [-0.4, -0.2) is 5.75 Å². The van der Waals surface area contributed by atoms with Gasteiger partial charge in [0, 0.05) is 5.75 Å². The molecule has 0 spiro atoms. The highest BCUT2D eigenvalue weighted by Gasteiger charge is 1.91. The van der Waals surface area contributed by atoms with Gasteiger partial charge in [0.1, 0.15) is 0 Å². The fourth-order valence-corrected chi connectivity index (χ4v) is 2.04. The van der Waals surface area contributed by atoms with Crippen molar-refractivity contribution in [3.05, 3.63) is 0 Å². The van der Waals surface area contributed by atoms with Gasteiger partial charge in [-0.25, -0.2) is 0 Å². The van der Waals surface area contributed by atoms with Crippen LogP contribution in [0.5, 0.6) is 0 Å². The first kappa shape index (κ1) is 18.0. The first-order chi connectivity index (χ1) is 6.91. The summed E-state index contributed by atoms with van der Waals surface area (Å²) in [7, 11) is 0. The number of hydrogen-bond acceptors (Lipinski definition) is 2. The lowest BCUT2D eigenvalue weighted by molar-refractivity contribution is 0.563. The third kappa shape index (κ3) is 17.2. The molecule has 0 radical (unpaired) electrons. The minimum Gasteiger partial charge on any atom is -0.278 e. The molecule has 0 aliphatic rings. The molecule has 0 bridgehead atoms. The molecular formula is C12H28ClNS. The molecule has 0 aromatic carbocycles. The van der Waals surface area contributed by atoms with Crippen LogP contribution >= 0.6 is 24.4 Å². The Morgan fingerprint density at radius 2 is 1.13 bits per heavy atom. The molecule has 0 saturated carbocycles. The quantitative estimate of drug-likeness (QED) is 0.417. The van der Waals surface area contributed by atoms with E-state index in [9.17, 15) is 0 Å². The summed E-state index contributed by atoms with van der Waals surface area (Å²) >= 11 is 1.48. The molecule has 3 heteroatoms. The van der Waals surface area contributed by atoms with Gasteiger partial charge in [-0.05, 0) is 6.42 Å². The van der Waals surface area contributed by atoms with Crippen LogP contribution in [0.15, 0.2) is 0 Å². The van der Waals surface area contributed by atoms with Crippen molar-refractivity contribution in [1.82, 2.24) is 0 Å². The van der Waals surface area contributed by atoms with Crippen molar-refractivity contribution in [1.29, 1.82) is 0 Å². The molecule has 0 rings (SSSR count). The normalized spacial score (nSPS) is 10.0. The fraction of sp³-hybridized carbons (Fsp3) is 1.00. The zero-order valence-corrected chi connectivity index (χ0v) is 11.8. The molecule has 0 amide bonds. The average Bonchev–Trinajstić information content (AvgIpc) is 2.21. The van der Waals surface area contributed by atoms with E-state index in [0.29, 0.717) is 0 Å². The molecule has 0 atom stereocenters. The number of halogens is 1. The average molecular weight is 254 g/mol. The van der Waals surface area contributed by atoms with Crippen LogP contribution in [-0.2, 0) is 0 Å². The van der Waals surface area contributed by atoms with E-state index in [1.807, 2.05) is 0 Å². The molecule has 0 unspecified atom stereocenters. The summed E-state index contributed by atoms with van der Waals surface area (Å²) in [5.74, 6) is 1.14. The molecule has 0 saturated heterocycles. The maximum atomic E-state index is 5.35. The highest BCUT2D eigenvalue weighted by Crippen LogP contribution is 2.10. The fourth-order valence-electron chi connectivity index (χ4n) is 1.67. The van der Waals surface area contributed by atoms with Gasteiger partial charge in [0.2, 0.25) is 0 Å². The molecule has 0 aromatic rings. The largest absolute Gasteiger partial charge is 0.278 e. The van der Waals surface area contributed by atoms with Crippen LogP contribution in [0.4, 0.5) is 0 Å². The van der Waals surface area contributed by atoms with Crippen LogP contribution < -0.4 is 5.14 Å². The predicted molar refractivity (Wildman–Crippen MR) is 75.7 cm³/mol. The molecule has 0 aliphatic carbocycles.